The van der Waals surface area contributed by atoms with E-state index in [1.54, 1.807) is 0 Å². The van der Waals surface area contributed by atoms with Crippen molar-refractivity contribution >= 4 is 17.6 Å². The summed E-state index contributed by atoms with van der Waals surface area (Å²) >= 11 is 0. The molecule has 0 saturated heterocycles. The number of benzene rings is 1. The van der Waals surface area contributed by atoms with Gasteiger partial charge in [0.2, 0.25) is 5.91 Å². The van der Waals surface area contributed by atoms with Gasteiger partial charge in [-0.15, -0.1) is 0 Å². The maximum absolute atomic E-state index is 12.9. The summed E-state index contributed by atoms with van der Waals surface area (Å²) in [5.41, 5.74) is 0.121. The van der Waals surface area contributed by atoms with Crippen molar-refractivity contribution in [3.05, 3.63) is 29.8 Å². The molecule has 110 valence electrons. The molecule has 1 atom stereocenters. The van der Waals surface area contributed by atoms with Crippen molar-refractivity contribution in [1.82, 2.24) is 0 Å². The van der Waals surface area contributed by atoms with Crippen LogP contribution in [0, 0.1) is 0 Å². The van der Waals surface area contributed by atoms with E-state index >= 15 is 0 Å². The first kappa shape index (κ1) is 16.0. The Morgan fingerprint density at radius 1 is 1.25 bits per heavy atom. The van der Waals surface area contributed by atoms with Crippen molar-refractivity contribution < 1.29 is 27.5 Å². The van der Waals surface area contributed by atoms with E-state index < -0.39 is 18.1 Å². The summed E-state index contributed by atoms with van der Waals surface area (Å²) in [5, 5.41) is 2.43. The average molecular weight is 289 g/mol. The van der Waals surface area contributed by atoms with Gasteiger partial charge in [0.05, 0.1) is 6.61 Å². The molecule has 0 aromatic heterocycles. The highest BCUT2D eigenvalue weighted by Crippen LogP contribution is 2.36. The zero-order valence-electron chi connectivity index (χ0n) is 11.0. The number of anilines is 1. The van der Waals surface area contributed by atoms with Crippen LogP contribution in [0.3, 0.4) is 0 Å². The molecule has 0 spiro atoms. The van der Waals surface area contributed by atoms with Gasteiger partial charge in [0.15, 0.2) is 5.92 Å². The van der Waals surface area contributed by atoms with Gasteiger partial charge in [0, 0.05) is 12.6 Å². The number of halogens is 3. The molecule has 0 bridgehead atoms. The largest absolute Gasteiger partial charge is 0.465 e. The maximum atomic E-state index is 12.9. The van der Waals surface area contributed by atoms with Gasteiger partial charge in [-0.2, -0.15) is 13.2 Å². The van der Waals surface area contributed by atoms with E-state index in [4.69, 9.17) is 0 Å². The summed E-state index contributed by atoms with van der Waals surface area (Å²) < 4.78 is 43.2. The predicted molar refractivity (Wildman–Crippen MR) is 66.2 cm³/mol. The quantitative estimate of drug-likeness (QED) is 0.867. The van der Waals surface area contributed by atoms with Crippen LogP contribution in [0.5, 0.6) is 0 Å². The Bertz CT molecular complexity index is 483. The monoisotopic (exact) mass is 289 g/mol. The molecule has 20 heavy (non-hydrogen) atoms. The van der Waals surface area contributed by atoms with E-state index in [-0.39, 0.29) is 18.1 Å². The molecule has 1 rings (SSSR count). The first-order valence-corrected chi connectivity index (χ1v) is 5.86. The predicted octanol–water partition coefficient (Wildman–Crippen LogP) is 2.85. The Labute approximate surface area is 113 Å². The molecule has 1 aromatic rings. The molecule has 1 unspecified atom stereocenters. The number of rotatable bonds is 4. The lowest BCUT2D eigenvalue weighted by Gasteiger charge is -2.19. The van der Waals surface area contributed by atoms with Crippen molar-refractivity contribution in [3.63, 3.8) is 0 Å². The van der Waals surface area contributed by atoms with Gasteiger partial charge in [0.25, 0.3) is 0 Å². The first-order valence-electron chi connectivity index (χ1n) is 5.86. The number of hydrogen-bond donors (Lipinski definition) is 1. The van der Waals surface area contributed by atoms with Crippen molar-refractivity contribution in [2.24, 2.45) is 0 Å². The minimum atomic E-state index is -4.73. The smallest absolute Gasteiger partial charge is 0.406 e. The van der Waals surface area contributed by atoms with Crippen LogP contribution in [-0.4, -0.2) is 24.7 Å². The topological polar surface area (TPSA) is 55.4 Å². The summed E-state index contributed by atoms with van der Waals surface area (Å²) in [7, 11) is 0. The van der Waals surface area contributed by atoms with Crippen LogP contribution in [0.25, 0.3) is 0 Å². The summed E-state index contributed by atoms with van der Waals surface area (Å²) in [5.74, 6) is -4.00. The molecule has 0 fully saturated rings. The molecule has 0 radical (unpaired) electrons. The van der Waals surface area contributed by atoms with Crippen LogP contribution in [0.1, 0.15) is 25.3 Å². The lowest BCUT2D eigenvalue weighted by atomic mass is 9.98. The van der Waals surface area contributed by atoms with Gasteiger partial charge in [-0.3, -0.25) is 9.59 Å². The Balaban J connectivity index is 3.03. The number of hydrogen-bond acceptors (Lipinski definition) is 3. The van der Waals surface area contributed by atoms with Crippen molar-refractivity contribution in [1.29, 1.82) is 0 Å². The molecule has 0 heterocycles. The van der Waals surface area contributed by atoms with Crippen LogP contribution in [-0.2, 0) is 14.3 Å². The molecule has 0 aliphatic rings. The summed E-state index contributed by atoms with van der Waals surface area (Å²) in [4.78, 5) is 22.3. The maximum Gasteiger partial charge on any atom is 0.406 e. The standard InChI is InChI=1S/C13H14F3NO3/c1-3-20-12(19)11(13(14,15)16)9-4-6-10(7-5-9)17-8(2)18/h4-7,11H,3H2,1-2H3,(H,17,18). The fourth-order valence-electron chi connectivity index (χ4n) is 1.65. The number of carbonyl (C=O) groups is 2. The van der Waals surface area contributed by atoms with Crippen molar-refractivity contribution in [2.75, 3.05) is 11.9 Å². The third-order valence-corrected chi connectivity index (χ3v) is 2.41. The van der Waals surface area contributed by atoms with Crippen molar-refractivity contribution in [3.8, 4) is 0 Å². The molecule has 4 nitrogen and oxygen atoms in total. The minimum absolute atomic E-state index is 0.130. The number of esters is 1. The third kappa shape index (κ3) is 4.25. The zero-order chi connectivity index (χ0) is 15.3. The normalized spacial score (nSPS) is 12.7. The minimum Gasteiger partial charge on any atom is -0.465 e. The molecular weight excluding hydrogens is 275 g/mol. The van der Waals surface area contributed by atoms with E-state index in [0.717, 1.165) is 12.1 Å². The fraction of sp³-hybridized carbons (Fsp3) is 0.385. The first-order chi connectivity index (χ1) is 9.25. The zero-order valence-corrected chi connectivity index (χ0v) is 11.0. The van der Waals surface area contributed by atoms with E-state index in [0.29, 0.717) is 5.69 Å². The van der Waals surface area contributed by atoms with E-state index in [2.05, 4.69) is 10.1 Å². The number of amides is 1. The fourth-order valence-corrected chi connectivity index (χ4v) is 1.65. The molecular formula is C13H14F3NO3. The number of nitrogens with one attached hydrogen (secondary N) is 1. The highest BCUT2D eigenvalue weighted by Gasteiger charge is 2.47. The second-order valence-corrected chi connectivity index (χ2v) is 4.03. The highest BCUT2D eigenvalue weighted by molar-refractivity contribution is 5.88. The van der Waals surface area contributed by atoms with Crippen LogP contribution < -0.4 is 5.32 Å². The van der Waals surface area contributed by atoms with Gasteiger partial charge in [0.1, 0.15) is 0 Å². The second-order valence-electron chi connectivity index (χ2n) is 4.03. The van der Waals surface area contributed by atoms with Crippen LogP contribution in [0.2, 0.25) is 0 Å². The molecule has 1 N–H and O–H groups in total. The molecule has 0 saturated carbocycles. The Morgan fingerprint density at radius 3 is 2.20 bits per heavy atom. The van der Waals surface area contributed by atoms with Crippen LogP contribution in [0.15, 0.2) is 24.3 Å². The number of carbonyl (C=O) groups excluding carboxylic acids is 2. The summed E-state index contributed by atoms with van der Waals surface area (Å²) in [6, 6.07) is 4.88. The lowest BCUT2D eigenvalue weighted by molar-refractivity contribution is -0.180. The van der Waals surface area contributed by atoms with Gasteiger partial charge >= 0.3 is 12.1 Å². The second kappa shape index (κ2) is 6.40. The van der Waals surface area contributed by atoms with Crippen molar-refractivity contribution in [2.45, 2.75) is 25.9 Å². The van der Waals surface area contributed by atoms with E-state index in [1.807, 2.05) is 0 Å². The summed E-state index contributed by atoms with van der Waals surface area (Å²) in [6.07, 6.45) is -4.73. The van der Waals surface area contributed by atoms with Gasteiger partial charge < -0.3 is 10.1 Å². The van der Waals surface area contributed by atoms with Crippen LogP contribution >= 0.6 is 0 Å². The number of ether oxygens (including phenoxy) is 1. The molecule has 1 aromatic carbocycles. The lowest BCUT2D eigenvalue weighted by Crippen LogP contribution is -2.30. The average Bonchev–Trinajstić information content (AvgIpc) is 2.29. The molecule has 0 aliphatic carbocycles. The Morgan fingerprint density at radius 2 is 1.80 bits per heavy atom. The molecule has 0 aliphatic heterocycles. The SMILES string of the molecule is CCOC(=O)C(c1ccc(NC(C)=O)cc1)C(F)(F)F. The number of alkyl halides is 3. The Hall–Kier alpha value is -2.05. The van der Waals surface area contributed by atoms with Gasteiger partial charge in [-0.25, -0.2) is 0 Å². The molecule has 7 heteroatoms. The van der Waals surface area contributed by atoms with E-state index in [9.17, 15) is 22.8 Å². The van der Waals surface area contributed by atoms with E-state index in [1.165, 1.54) is 26.0 Å². The van der Waals surface area contributed by atoms with Gasteiger partial charge in [-0.05, 0) is 24.6 Å². The van der Waals surface area contributed by atoms with Crippen LogP contribution in [0.4, 0.5) is 18.9 Å². The summed E-state index contributed by atoms with van der Waals surface area (Å²) in [6.45, 7) is 2.59. The Kier molecular flexibility index (Phi) is 5.12. The third-order valence-electron chi connectivity index (χ3n) is 2.41. The highest BCUT2D eigenvalue weighted by atomic mass is 19.4. The molecule has 1 amide bonds. The van der Waals surface area contributed by atoms with Gasteiger partial charge in [-0.1, -0.05) is 12.1 Å².